The van der Waals surface area contributed by atoms with Gasteiger partial charge in [-0.2, -0.15) is 0 Å². The molecular weight excluding hydrogens is 270 g/mol. The van der Waals surface area contributed by atoms with Crippen LogP contribution in [0, 0.1) is 5.82 Å². The lowest BCUT2D eigenvalue weighted by atomic mass is 9.78. The molecule has 1 saturated heterocycles. The van der Waals surface area contributed by atoms with E-state index in [9.17, 15) is 9.18 Å². The van der Waals surface area contributed by atoms with Crippen molar-refractivity contribution >= 4 is 18.4 Å². The minimum absolute atomic E-state index is 0.0581. The van der Waals surface area contributed by atoms with Crippen LogP contribution in [0.5, 0.6) is 0 Å². The predicted molar refractivity (Wildman–Crippen MR) is 81.2 cm³/mol. The lowest BCUT2D eigenvalue weighted by Gasteiger charge is -2.32. The van der Waals surface area contributed by atoms with Crippen molar-refractivity contribution in [2.24, 2.45) is 0 Å². The monoisotopic (exact) mass is 292 g/mol. The Kier molecular flexibility index (Phi) is 4.02. The van der Waals surface area contributed by atoms with Crippen molar-refractivity contribution in [1.82, 2.24) is 0 Å². The van der Waals surface area contributed by atoms with Gasteiger partial charge < -0.3 is 9.31 Å². The normalized spacial score (nSPS) is 21.4. The van der Waals surface area contributed by atoms with Crippen LogP contribution in [0.2, 0.25) is 0 Å². The Morgan fingerprint density at radius 2 is 1.71 bits per heavy atom. The van der Waals surface area contributed by atoms with Crippen molar-refractivity contribution in [3.05, 3.63) is 29.6 Å². The summed E-state index contributed by atoms with van der Waals surface area (Å²) < 4.78 is 26.0. The third kappa shape index (κ3) is 2.90. The molecule has 1 aliphatic heterocycles. The zero-order chi connectivity index (χ0) is 16.0. The van der Waals surface area contributed by atoms with Crippen molar-refractivity contribution in [3.63, 3.8) is 0 Å². The number of carbonyl (C=O) groups excluding carboxylic acids is 1. The van der Waals surface area contributed by atoms with Crippen molar-refractivity contribution < 1.29 is 18.5 Å². The number of carbonyl (C=O) groups is 1. The van der Waals surface area contributed by atoms with Gasteiger partial charge in [0, 0.05) is 5.92 Å². The highest BCUT2D eigenvalue weighted by atomic mass is 19.1. The van der Waals surface area contributed by atoms with E-state index in [1.165, 1.54) is 13.0 Å². The molecule has 0 spiro atoms. The van der Waals surface area contributed by atoms with Crippen molar-refractivity contribution in [2.75, 3.05) is 0 Å². The molecule has 0 bridgehead atoms. The molecule has 114 valence electrons. The molecule has 1 aromatic carbocycles. The van der Waals surface area contributed by atoms with Crippen LogP contribution in [0.25, 0.3) is 0 Å². The zero-order valence-corrected chi connectivity index (χ0v) is 13.5. The number of halogens is 1. The lowest BCUT2D eigenvalue weighted by molar-refractivity contribution is -0.118. The highest BCUT2D eigenvalue weighted by Gasteiger charge is 2.51. The van der Waals surface area contributed by atoms with Gasteiger partial charge in [0.15, 0.2) is 0 Å². The van der Waals surface area contributed by atoms with Gasteiger partial charge in [-0.15, -0.1) is 0 Å². The summed E-state index contributed by atoms with van der Waals surface area (Å²) in [5, 5.41) is 0. The van der Waals surface area contributed by atoms with Crippen LogP contribution in [0.15, 0.2) is 18.2 Å². The molecule has 1 heterocycles. The van der Waals surface area contributed by atoms with E-state index in [1.54, 1.807) is 19.1 Å². The third-order valence-corrected chi connectivity index (χ3v) is 4.63. The number of ketones is 1. The molecule has 0 amide bonds. The number of hydrogen-bond acceptors (Lipinski definition) is 3. The van der Waals surface area contributed by atoms with Gasteiger partial charge in [-0.3, -0.25) is 4.79 Å². The molecule has 1 aromatic rings. The molecule has 1 fully saturated rings. The van der Waals surface area contributed by atoms with Gasteiger partial charge in [-0.25, -0.2) is 4.39 Å². The van der Waals surface area contributed by atoms with Gasteiger partial charge in [0.25, 0.3) is 0 Å². The maximum Gasteiger partial charge on any atom is 0.494 e. The Balaban J connectivity index is 2.28. The third-order valence-electron chi connectivity index (χ3n) is 4.63. The van der Waals surface area contributed by atoms with Gasteiger partial charge in [-0.1, -0.05) is 19.1 Å². The van der Waals surface area contributed by atoms with E-state index < -0.39 is 30.1 Å². The van der Waals surface area contributed by atoms with Gasteiger partial charge in [0.2, 0.25) is 0 Å². The van der Waals surface area contributed by atoms with Crippen LogP contribution in [0.3, 0.4) is 0 Å². The summed E-state index contributed by atoms with van der Waals surface area (Å²) >= 11 is 0. The molecule has 1 atom stereocenters. The van der Waals surface area contributed by atoms with Crippen LogP contribution < -0.4 is 5.46 Å². The average molecular weight is 292 g/mol. The second kappa shape index (κ2) is 5.22. The van der Waals surface area contributed by atoms with E-state index in [0.717, 1.165) is 0 Å². The van der Waals surface area contributed by atoms with Crippen molar-refractivity contribution in [1.29, 1.82) is 0 Å². The number of rotatable bonds is 3. The second-order valence-corrected chi connectivity index (χ2v) is 6.70. The lowest BCUT2D eigenvalue weighted by Crippen LogP contribution is -2.41. The fourth-order valence-electron chi connectivity index (χ4n) is 2.24. The summed E-state index contributed by atoms with van der Waals surface area (Å²) in [6.45, 7) is 11.0. The van der Waals surface area contributed by atoms with Gasteiger partial charge in [0.1, 0.15) is 11.6 Å². The maximum atomic E-state index is 14.2. The number of hydrogen-bond donors (Lipinski definition) is 0. The Morgan fingerprint density at radius 1 is 1.19 bits per heavy atom. The number of Topliss-reactive ketones (excluding diaryl/α,β-unsaturated/α-hetero) is 1. The summed E-state index contributed by atoms with van der Waals surface area (Å²) in [5.41, 5.74) is 0.118. The Hall–Kier alpha value is -1.20. The minimum Gasteiger partial charge on any atom is -0.399 e. The van der Waals surface area contributed by atoms with Gasteiger partial charge >= 0.3 is 7.12 Å². The number of benzene rings is 1. The molecule has 0 N–H and O–H groups in total. The smallest absolute Gasteiger partial charge is 0.399 e. The zero-order valence-electron chi connectivity index (χ0n) is 13.5. The average Bonchev–Trinajstić information content (AvgIpc) is 2.57. The predicted octanol–water partition coefficient (Wildman–Crippen LogP) is 2.82. The standard InChI is InChI=1S/C16H22BFO3/c1-10(11(2)19)13-8-7-12(9-14(13)18)17-20-15(3,4)16(5,6)21-17/h7-10H,1-6H3. The molecule has 1 aliphatic rings. The molecule has 0 aromatic heterocycles. The van der Waals surface area contributed by atoms with E-state index >= 15 is 0 Å². The van der Waals surface area contributed by atoms with E-state index in [0.29, 0.717) is 11.0 Å². The molecule has 0 aliphatic carbocycles. The highest BCUT2D eigenvalue weighted by Crippen LogP contribution is 2.36. The highest BCUT2D eigenvalue weighted by molar-refractivity contribution is 6.62. The fraction of sp³-hybridized carbons (Fsp3) is 0.562. The first-order chi connectivity index (χ1) is 9.55. The molecule has 2 rings (SSSR count). The molecule has 0 saturated carbocycles. The molecule has 5 heteroatoms. The van der Waals surface area contributed by atoms with Crippen molar-refractivity contribution in [3.8, 4) is 0 Å². The maximum absolute atomic E-state index is 14.2. The molecule has 3 nitrogen and oxygen atoms in total. The molecular formula is C16H22BFO3. The largest absolute Gasteiger partial charge is 0.494 e. The Labute approximate surface area is 126 Å². The van der Waals surface area contributed by atoms with Crippen LogP contribution >= 0.6 is 0 Å². The summed E-state index contributed by atoms with van der Waals surface area (Å²) in [5.74, 6) is -0.903. The Morgan fingerprint density at radius 3 is 2.14 bits per heavy atom. The summed E-state index contributed by atoms with van der Waals surface area (Å²) in [4.78, 5) is 11.4. The van der Waals surface area contributed by atoms with Crippen LogP contribution in [0.4, 0.5) is 4.39 Å². The van der Waals surface area contributed by atoms with E-state index in [4.69, 9.17) is 9.31 Å². The van der Waals surface area contributed by atoms with Gasteiger partial charge in [0.05, 0.1) is 11.2 Å². The van der Waals surface area contributed by atoms with Gasteiger partial charge in [-0.05, 0) is 51.7 Å². The van der Waals surface area contributed by atoms with E-state index in [2.05, 4.69) is 0 Å². The summed E-state index contributed by atoms with van der Waals surface area (Å²) in [6.07, 6.45) is 0. The summed E-state index contributed by atoms with van der Waals surface area (Å²) in [7, 11) is -0.591. The molecule has 21 heavy (non-hydrogen) atoms. The van der Waals surface area contributed by atoms with Crippen LogP contribution in [-0.4, -0.2) is 24.1 Å². The van der Waals surface area contributed by atoms with Crippen LogP contribution in [-0.2, 0) is 14.1 Å². The molecule has 0 radical (unpaired) electrons. The van der Waals surface area contributed by atoms with E-state index in [1.807, 2.05) is 27.7 Å². The fourth-order valence-corrected chi connectivity index (χ4v) is 2.24. The SMILES string of the molecule is CC(=O)C(C)c1ccc(B2OC(C)(C)C(C)(C)O2)cc1F. The first-order valence-corrected chi connectivity index (χ1v) is 7.20. The Bertz CT molecular complexity index is 553. The summed E-state index contributed by atoms with van der Waals surface area (Å²) in [6, 6.07) is 4.80. The first-order valence-electron chi connectivity index (χ1n) is 7.20. The van der Waals surface area contributed by atoms with Crippen LogP contribution in [0.1, 0.15) is 53.0 Å². The van der Waals surface area contributed by atoms with Crippen molar-refractivity contribution in [2.45, 2.75) is 58.7 Å². The second-order valence-electron chi connectivity index (χ2n) is 6.70. The van der Waals surface area contributed by atoms with E-state index in [-0.39, 0.29) is 5.78 Å². The minimum atomic E-state index is -0.591. The first kappa shape index (κ1) is 16.2. The molecule has 1 unspecified atom stereocenters. The topological polar surface area (TPSA) is 35.5 Å². The quantitative estimate of drug-likeness (QED) is 0.804.